The normalized spacial score (nSPS) is 11.1. The molecule has 136 valence electrons. The van der Waals surface area contributed by atoms with Crippen LogP contribution in [-0.4, -0.2) is 18.2 Å². The van der Waals surface area contributed by atoms with Gasteiger partial charge in [-0.25, -0.2) is 4.79 Å². The molecule has 0 fully saturated rings. The Morgan fingerprint density at radius 2 is 1.58 bits per heavy atom. The number of methoxy groups -OCH3 is 1. The minimum atomic E-state index is -1.02. The summed E-state index contributed by atoms with van der Waals surface area (Å²) in [6, 6.07) is 12.6. The fraction of sp³-hybridized carbons (Fsp3) is 0.286. The average molecular weight is 354 g/mol. The summed E-state index contributed by atoms with van der Waals surface area (Å²) < 4.78 is 17.1. The van der Waals surface area contributed by atoms with E-state index in [4.69, 9.17) is 13.6 Å². The summed E-state index contributed by atoms with van der Waals surface area (Å²) in [7, 11) is 1.51. The molecular weight excluding hydrogens is 332 g/mol. The van der Waals surface area contributed by atoms with Gasteiger partial charge in [-0.2, -0.15) is 0 Å². The van der Waals surface area contributed by atoms with Gasteiger partial charge < -0.3 is 18.7 Å². The van der Waals surface area contributed by atoms with E-state index >= 15 is 0 Å². The third-order valence-electron chi connectivity index (χ3n) is 4.43. The van der Waals surface area contributed by atoms with Crippen LogP contribution in [0.3, 0.4) is 0 Å². The second-order valence-corrected chi connectivity index (χ2v) is 6.01. The summed E-state index contributed by atoms with van der Waals surface area (Å²) in [5, 5.41) is 9.71. The van der Waals surface area contributed by atoms with Gasteiger partial charge in [0.15, 0.2) is 0 Å². The summed E-state index contributed by atoms with van der Waals surface area (Å²) in [6.45, 7) is 4.02. The van der Waals surface area contributed by atoms with E-state index in [9.17, 15) is 9.90 Å². The van der Waals surface area contributed by atoms with E-state index in [0.717, 1.165) is 24.4 Å². The molecule has 0 saturated heterocycles. The number of aromatic carboxylic acids is 1. The maximum Gasteiger partial charge on any atom is 0.336 e. The Hall–Kier alpha value is -2.95. The van der Waals surface area contributed by atoms with Crippen molar-refractivity contribution < 1.29 is 23.5 Å². The van der Waals surface area contributed by atoms with Gasteiger partial charge in [-0.3, -0.25) is 0 Å². The standard InChI is InChI=1S/C21H22O5/c1-4-13-7-10-18(25-13)20(19-11-8-14(5-2)26-19)16-9-6-15(24-3)12-17(16)21(22)23/h6-12,20H,4-5H2,1-3H3,(H,22,23). The molecule has 0 amide bonds. The van der Waals surface area contributed by atoms with E-state index in [2.05, 4.69) is 0 Å². The van der Waals surface area contributed by atoms with Gasteiger partial charge in [0.2, 0.25) is 0 Å². The Labute approximate surface area is 152 Å². The first-order chi connectivity index (χ1) is 12.6. The molecule has 0 bridgehead atoms. The first-order valence-electron chi connectivity index (χ1n) is 8.65. The molecule has 5 nitrogen and oxygen atoms in total. The van der Waals surface area contributed by atoms with Gasteiger partial charge >= 0.3 is 5.97 Å². The smallest absolute Gasteiger partial charge is 0.336 e. The summed E-state index contributed by atoms with van der Waals surface area (Å²) in [5.74, 6) is 2.04. The number of carboxylic acid groups (broad SMARTS) is 1. The highest BCUT2D eigenvalue weighted by molar-refractivity contribution is 5.90. The van der Waals surface area contributed by atoms with Gasteiger partial charge in [-0.15, -0.1) is 0 Å². The van der Waals surface area contributed by atoms with Crippen LogP contribution in [0.2, 0.25) is 0 Å². The van der Waals surface area contributed by atoms with Crippen molar-refractivity contribution >= 4 is 5.97 Å². The fourth-order valence-electron chi connectivity index (χ4n) is 3.03. The summed E-state index contributed by atoms with van der Waals surface area (Å²) in [6.07, 6.45) is 1.53. The molecule has 0 radical (unpaired) electrons. The molecule has 0 aliphatic carbocycles. The van der Waals surface area contributed by atoms with E-state index in [0.29, 0.717) is 22.8 Å². The molecule has 0 unspecified atom stereocenters. The van der Waals surface area contributed by atoms with Gasteiger partial charge in [0.25, 0.3) is 0 Å². The van der Waals surface area contributed by atoms with Crippen LogP contribution in [0.25, 0.3) is 0 Å². The van der Waals surface area contributed by atoms with Crippen molar-refractivity contribution in [3.05, 3.63) is 76.6 Å². The third-order valence-corrected chi connectivity index (χ3v) is 4.43. The lowest BCUT2D eigenvalue weighted by molar-refractivity contribution is 0.0695. The predicted octanol–water partition coefficient (Wildman–Crippen LogP) is 4.88. The molecule has 3 rings (SSSR count). The van der Waals surface area contributed by atoms with Crippen molar-refractivity contribution in [3.63, 3.8) is 0 Å². The highest BCUT2D eigenvalue weighted by Gasteiger charge is 2.28. The summed E-state index contributed by atoms with van der Waals surface area (Å²) in [5.41, 5.74) is 0.769. The van der Waals surface area contributed by atoms with Crippen molar-refractivity contribution in [1.29, 1.82) is 0 Å². The zero-order chi connectivity index (χ0) is 18.7. The molecule has 0 atom stereocenters. The number of hydrogen-bond donors (Lipinski definition) is 1. The van der Waals surface area contributed by atoms with Crippen molar-refractivity contribution in [1.82, 2.24) is 0 Å². The Morgan fingerprint density at radius 1 is 1.00 bits per heavy atom. The van der Waals surface area contributed by atoms with Crippen LogP contribution in [0.1, 0.15) is 58.7 Å². The number of carbonyl (C=O) groups is 1. The average Bonchev–Trinajstić information content (AvgIpc) is 3.31. The lowest BCUT2D eigenvalue weighted by Crippen LogP contribution is -2.09. The second-order valence-electron chi connectivity index (χ2n) is 6.01. The van der Waals surface area contributed by atoms with Crippen molar-refractivity contribution in [2.24, 2.45) is 0 Å². The molecule has 2 heterocycles. The molecule has 1 aromatic carbocycles. The molecular formula is C21H22O5. The number of furan rings is 2. The second kappa shape index (κ2) is 7.52. The SMILES string of the molecule is CCc1ccc(C(c2ccc(CC)o2)c2ccc(OC)cc2C(=O)O)o1. The Bertz CT molecular complexity index is 861. The number of aryl methyl sites for hydroxylation is 2. The molecule has 5 heteroatoms. The summed E-state index contributed by atoms with van der Waals surface area (Å²) >= 11 is 0. The molecule has 1 N–H and O–H groups in total. The van der Waals surface area contributed by atoms with Gasteiger partial charge in [0.1, 0.15) is 34.7 Å². The van der Waals surface area contributed by atoms with Crippen molar-refractivity contribution in [2.45, 2.75) is 32.6 Å². The third kappa shape index (κ3) is 3.38. The Morgan fingerprint density at radius 3 is 2.00 bits per heavy atom. The lowest BCUT2D eigenvalue weighted by Gasteiger charge is -2.16. The zero-order valence-corrected chi connectivity index (χ0v) is 15.1. The highest BCUT2D eigenvalue weighted by Crippen LogP contribution is 2.37. The monoisotopic (exact) mass is 354 g/mol. The Balaban J connectivity index is 2.19. The maximum absolute atomic E-state index is 11.9. The van der Waals surface area contributed by atoms with Crippen LogP contribution in [0.5, 0.6) is 5.75 Å². The van der Waals surface area contributed by atoms with Crippen LogP contribution >= 0.6 is 0 Å². The molecule has 0 aliphatic rings. The molecule has 0 aliphatic heterocycles. The van der Waals surface area contributed by atoms with Gasteiger partial charge in [-0.05, 0) is 42.0 Å². The molecule has 3 aromatic rings. The number of benzene rings is 1. The first-order valence-corrected chi connectivity index (χ1v) is 8.65. The van der Waals surface area contributed by atoms with Crippen LogP contribution < -0.4 is 4.74 Å². The van der Waals surface area contributed by atoms with Gasteiger partial charge in [0.05, 0.1) is 12.7 Å². The first kappa shape index (κ1) is 17.9. The van der Waals surface area contributed by atoms with E-state index in [1.807, 2.05) is 38.1 Å². The minimum Gasteiger partial charge on any atom is -0.497 e. The number of carboxylic acids is 1. The predicted molar refractivity (Wildman–Crippen MR) is 97.1 cm³/mol. The topological polar surface area (TPSA) is 72.8 Å². The van der Waals surface area contributed by atoms with Gasteiger partial charge in [0, 0.05) is 12.8 Å². The highest BCUT2D eigenvalue weighted by atomic mass is 16.5. The van der Waals surface area contributed by atoms with Crippen molar-refractivity contribution in [2.75, 3.05) is 7.11 Å². The fourth-order valence-corrected chi connectivity index (χ4v) is 3.03. The maximum atomic E-state index is 11.9. The van der Waals surface area contributed by atoms with E-state index in [1.165, 1.54) is 13.2 Å². The lowest BCUT2D eigenvalue weighted by atomic mass is 9.90. The molecule has 26 heavy (non-hydrogen) atoms. The number of ether oxygens (including phenoxy) is 1. The van der Waals surface area contributed by atoms with E-state index < -0.39 is 11.9 Å². The van der Waals surface area contributed by atoms with Crippen LogP contribution in [0.4, 0.5) is 0 Å². The molecule has 2 aromatic heterocycles. The Kier molecular flexibility index (Phi) is 5.16. The van der Waals surface area contributed by atoms with Crippen LogP contribution in [0, 0.1) is 0 Å². The number of rotatable bonds is 7. The quantitative estimate of drug-likeness (QED) is 0.654. The zero-order valence-electron chi connectivity index (χ0n) is 15.1. The largest absolute Gasteiger partial charge is 0.497 e. The molecule has 0 spiro atoms. The van der Waals surface area contributed by atoms with Crippen LogP contribution in [-0.2, 0) is 12.8 Å². The van der Waals surface area contributed by atoms with Crippen LogP contribution in [0.15, 0.2) is 51.3 Å². The summed E-state index contributed by atoms with van der Waals surface area (Å²) in [4.78, 5) is 11.9. The van der Waals surface area contributed by atoms with Gasteiger partial charge in [-0.1, -0.05) is 19.9 Å². The van der Waals surface area contributed by atoms with E-state index in [-0.39, 0.29) is 5.56 Å². The molecule has 0 saturated carbocycles. The van der Waals surface area contributed by atoms with E-state index in [1.54, 1.807) is 12.1 Å². The minimum absolute atomic E-state index is 0.165. The van der Waals surface area contributed by atoms with Crippen molar-refractivity contribution in [3.8, 4) is 5.75 Å². The number of hydrogen-bond acceptors (Lipinski definition) is 4.